The van der Waals surface area contributed by atoms with E-state index in [2.05, 4.69) is 4.90 Å². The summed E-state index contributed by atoms with van der Waals surface area (Å²) in [6, 6.07) is 5.25. The molecule has 1 aliphatic rings. The van der Waals surface area contributed by atoms with Crippen LogP contribution >= 0.6 is 0 Å². The van der Waals surface area contributed by atoms with E-state index in [1.807, 2.05) is 20.8 Å². The molecule has 0 spiro atoms. The number of carboxylic acids is 1. The van der Waals surface area contributed by atoms with Gasteiger partial charge in [0.05, 0.1) is 24.1 Å². The van der Waals surface area contributed by atoms with Gasteiger partial charge in [-0.3, -0.25) is 14.9 Å². The Labute approximate surface area is 165 Å². The second-order valence-electron chi connectivity index (χ2n) is 7.31. The average molecular weight is 394 g/mol. The summed E-state index contributed by atoms with van der Waals surface area (Å²) in [4.78, 5) is 24.7. The molecule has 1 aromatic rings. The number of benzene rings is 1. The van der Waals surface area contributed by atoms with Crippen LogP contribution in [0, 0.1) is 10.1 Å². The predicted molar refractivity (Wildman–Crippen MR) is 106 cm³/mol. The Kier molecular flexibility index (Phi) is 8.19. The van der Waals surface area contributed by atoms with Gasteiger partial charge in [0.15, 0.2) is 0 Å². The van der Waals surface area contributed by atoms with Crippen molar-refractivity contribution in [1.29, 1.82) is 0 Å². The molecule has 1 saturated heterocycles. The minimum Gasteiger partial charge on any atom is -0.481 e. The normalized spacial score (nSPS) is 16.1. The van der Waals surface area contributed by atoms with Crippen molar-refractivity contribution in [3.8, 4) is 0 Å². The van der Waals surface area contributed by atoms with Crippen molar-refractivity contribution in [2.24, 2.45) is 0 Å². The molecule has 1 aromatic carbocycles. The average Bonchev–Trinajstić information content (AvgIpc) is 2.66. The summed E-state index contributed by atoms with van der Waals surface area (Å²) in [7, 11) is 0. The maximum Gasteiger partial charge on any atom is 0.304 e. The molecule has 0 bridgehead atoms. The maximum atomic E-state index is 11.8. The number of ether oxygens (including phenoxy) is 2. The van der Waals surface area contributed by atoms with Gasteiger partial charge in [0.1, 0.15) is 5.69 Å². The van der Waals surface area contributed by atoms with Gasteiger partial charge in [0, 0.05) is 37.8 Å². The monoisotopic (exact) mass is 394 g/mol. The van der Waals surface area contributed by atoms with Crippen LogP contribution in [0.25, 0.3) is 0 Å². The van der Waals surface area contributed by atoms with Crippen molar-refractivity contribution >= 4 is 17.3 Å². The van der Waals surface area contributed by atoms with Crippen LogP contribution < -0.4 is 4.90 Å². The van der Waals surface area contributed by atoms with E-state index in [1.165, 1.54) is 6.07 Å². The third kappa shape index (κ3) is 5.90. The van der Waals surface area contributed by atoms with E-state index in [-0.39, 0.29) is 35.8 Å². The first-order chi connectivity index (χ1) is 13.3. The van der Waals surface area contributed by atoms with Gasteiger partial charge in [-0.25, -0.2) is 0 Å². The molecule has 28 heavy (non-hydrogen) atoms. The zero-order valence-corrected chi connectivity index (χ0v) is 16.8. The topological polar surface area (TPSA) is 102 Å². The van der Waals surface area contributed by atoms with E-state index < -0.39 is 11.9 Å². The van der Waals surface area contributed by atoms with E-state index in [1.54, 1.807) is 12.1 Å². The number of anilines is 1. The van der Waals surface area contributed by atoms with Gasteiger partial charge in [-0.2, -0.15) is 0 Å². The fourth-order valence-electron chi connectivity index (χ4n) is 3.60. The Bertz CT molecular complexity index is 673. The molecule has 0 aromatic heterocycles. The van der Waals surface area contributed by atoms with Gasteiger partial charge in [-0.15, -0.1) is 0 Å². The molecule has 1 aliphatic heterocycles. The van der Waals surface area contributed by atoms with Gasteiger partial charge in [-0.05, 0) is 45.2 Å². The molecule has 0 amide bonds. The second-order valence-corrected chi connectivity index (χ2v) is 7.31. The van der Waals surface area contributed by atoms with Crippen molar-refractivity contribution in [2.75, 3.05) is 31.3 Å². The van der Waals surface area contributed by atoms with Crippen LogP contribution in [0.3, 0.4) is 0 Å². The lowest BCUT2D eigenvalue weighted by atomic mass is 9.95. The van der Waals surface area contributed by atoms with E-state index >= 15 is 0 Å². The molecular formula is C20H30N2O6. The SMILES string of the molecule is CCN(c1ccc(C(COC(C)C)CC(=O)O)cc1[N+](=O)[O-])C1CCOCC1. The molecule has 2 rings (SSSR count). The molecule has 8 heteroatoms. The highest BCUT2D eigenvalue weighted by molar-refractivity contribution is 5.69. The van der Waals surface area contributed by atoms with Gasteiger partial charge in [0.2, 0.25) is 0 Å². The number of carbonyl (C=O) groups is 1. The van der Waals surface area contributed by atoms with Crippen molar-refractivity contribution < 1.29 is 24.3 Å². The number of aliphatic carboxylic acids is 1. The fourth-order valence-corrected chi connectivity index (χ4v) is 3.60. The van der Waals surface area contributed by atoms with Crippen molar-refractivity contribution in [3.05, 3.63) is 33.9 Å². The number of rotatable bonds is 10. The molecular weight excluding hydrogens is 364 g/mol. The predicted octanol–water partition coefficient (Wildman–Crippen LogP) is 3.58. The molecule has 1 heterocycles. The van der Waals surface area contributed by atoms with Crippen LogP contribution in [0.1, 0.15) is 51.5 Å². The lowest BCUT2D eigenvalue weighted by Crippen LogP contribution is -2.39. The first-order valence-corrected chi connectivity index (χ1v) is 9.79. The summed E-state index contributed by atoms with van der Waals surface area (Å²) in [5, 5.41) is 21.0. The molecule has 156 valence electrons. The molecule has 0 aliphatic carbocycles. The largest absolute Gasteiger partial charge is 0.481 e. The third-order valence-electron chi connectivity index (χ3n) is 5.00. The standard InChI is InChI=1S/C20H30N2O6/c1-4-21(17-7-9-27-10-8-17)18-6-5-15(11-19(18)22(25)26)16(12-20(23)24)13-28-14(2)3/h5-6,11,14,16-17H,4,7-10,12-13H2,1-3H3,(H,23,24). The summed E-state index contributed by atoms with van der Waals surface area (Å²) in [5.74, 6) is -1.40. The molecule has 1 fully saturated rings. The van der Waals surface area contributed by atoms with Gasteiger partial charge in [-0.1, -0.05) is 6.07 Å². The lowest BCUT2D eigenvalue weighted by Gasteiger charge is -2.35. The zero-order chi connectivity index (χ0) is 20.7. The number of carboxylic acid groups (broad SMARTS) is 1. The highest BCUT2D eigenvalue weighted by Crippen LogP contribution is 2.35. The number of nitro benzene ring substituents is 1. The maximum absolute atomic E-state index is 11.8. The van der Waals surface area contributed by atoms with Crippen LogP contribution in [0.2, 0.25) is 0 Å². The molecule has 1 N–H and O–H groups in total. The lowest BCUT2D eigenvalue weighted by molar-refractivity contribution is -0.384. The van der Waals surface area contributed by atoms with Crippen LogP contribution in [0.4, 0.5) is 11.4 Å². The number of nitro groups is 1. The Morgan fingerprint density at radius 2 is 2.07 bits per heavy atom. The molecule has 8 nitrogen and oxygen atoms in total. The fraction of sp³-hybridized carbons (Fsp3) is 0.650. The first-order valence-electron chi connectivity index (χ1n) is 9.79. The number of nitrogens with zero attached hydrogens (tertiary/aromatic N) is 2. The van der Waals surface area contributed by atoms with Crippen LogP contribution in [0.5, 0.6) is 0 Å². The van der Waals surface area contributed by atoms with Crippen molar-refractivity contribution in [2.45, 2.75) is 58.1 Å². The summed E-state index contributed by atoms with van der Waals surface area (Å²) in [5.41, 5.74) is 1.19. The molecule has 1 atom stereocenters. The van der Waals surface area contributed by atoms with Gasteiger partial charge in [0.25, 0.3) is 5.69 Å². The zero-order valence-electron chi connectivity index (χ0n) is 16.8. The first kappa shape index (κ1) is 22.1. The molecule has 0 radical (unpaired) electrons. The minimum absolute atomic E-state index is 0.00535. The Hall–Kier alpha value is -2.19. The highest BCUT2D eigenvalue weighted by Gasteiger charge is 2.28. The Morgan fingerprint density at radius 1 is 1.39 bits per heavy atom. The second kappa shape index (κ2) is 10.4. The summed E-state index contributed by atoms with van der Waals surface area (Å²) in [6.45, 7) is 7.89. The van der Waals surface area contributed by atoms with Crippen molar-refractivity contribution in [1.82, 2.24) is 0 Å². The van der Waals surface area contributed by atoms with E-state index in [9.17, 15) is 20.0 Å². The Balaban J connectivity index is 2.35. The number of hydrogen-bond donors (Lipinski definition) is 1. The van der Waals surface area contributed by atoms with Gasteiger partial charge >= 0.3 is 5.97 Å². The molecule has 0 saturated carbocycles. The van der Waals surface area contributed by atoms with E-state index in [0.717, 1.165) is 12.8 Å². The van der Waals surface area contributed by atoms with Gasteiger partial charge < -0.3 is 19.5 Å². The van der Waals surface area contributed by atoms with Crippen LogP contribution in [-0.2, 0) is 14.3 Å². The Morgan fingerprint density at radius 3 is 2.61 bits per heavy atom. The van der Waals surface area contributed by atoms with Crippen molar-refractivity contribution in [3.63, 3.8) is 0 Å². The highest BCUT2D eigenvalue weighted by atomic mass is 16.6. The summed E-state index contributed by atoms with van der Waals surface area (Å²) >= 11 is 0. The smallest absolute Gasteiger partial charge is 0.304 e. The van der Waals surface area contributed by atoms with E-state index in [0.29, 0.717) is 31.0 Å². The number of hydrogen-bond acceptors (Lipinski definition) is 6. The minimum atomic E-state index is -0.957. The summed E-state index contributed by atoms with van der Waals surface area (Å²) < 4.78 is 11.0. The van der Waals surface area contributed by atoms with Crippen LogP contribution in [-0.4, -0.2) is 54.5 Å². The molecule has 1 unspecified atom stereocenters. The van der Waals surface area contributed by atoms with E-state index in [4.69, 9.17) is 9.47 Å². The summed E-state index contributed by atoms with van der Waals surface area (Å²) in [6.07, 6.45) is 1.48. The third-order valence-corrected chi connectivity index (χ3v) is 5.00. The van der Waals surface area contributed by atoms with Crippen LogP contribution in [0.15, 0.2) is 18.2 Å². The quantitative estimate of drug-likeness (QED) is 0.478.